The number of alkyl halides is 1. The Morgan fingerprint density at radius 1 is 1.30 bits per heavy atom. The number of ether oxygens (including phenoxy) is 1. The van der Waals surface area contributed by atoms with Crippen LogP contribution in [0.25, 0.3) is 5.65 Å². The van der Waals surface area contributed by atoms with E-state index in [1.54, 1.807) is 34.9 Å². The van der Waals surface area contributed by atoms with Crippen molar-refractivity contribution in [2.45, 2.75) is 24.9 Å². The molecule has 1 aliphatic heterocycles. The summed E-state index contributed by atoms with van der Waals surface area (Å²) in [7, 11) is 1.30. The van der Waals surface area contributed by atoms with Crippen molar-refractivity contribution in [1.29, 1.82) is 0 Å². The van der Waals surface area contributed by atoms with E-state index in [4.69, 9.17) is 16.3 Å². The number of imidazole rings is 1. The van der Waals surface area contributed by atoms with Crippen LogP contribution in [-0.4, -0.2) is 53.2 Å². The Hall–Kier alpha value is -3.50. The Morgan fingerprint density at radius 2 is 2.11 bits per heavy atom. The van der Waals surface area contributed by atoms with Crippen molar-refractivity contribution >= 4 is 34.7 Å². The summed E-state index contributed by atoms with van der Waals surface area (Å²) in [6, 6.07) is 5.03. The Labute approximate surface area is 217 Å². The van der Waals surface area contributed by atoms with Crippen LogP contribution < -0.4 is 16.0 Å². The maximum Gasteiger partial charge on any atom is 0.252 e. The van der Waals surface area contributed by atoms with Crippen molar-refractivity contribution in [1.82, 2.24) is 25.0 Å². The first-order valence-electron chi connectivity index (χ1n) is 12.1. The first kappa shape index (κ1) is 25.2. The molecular formula is C26H27ClF2N6O2. The van der Waals surface area contributed by atoms with Crippen LogP contribution in [0.15, 0.2) is 60.5 Å². The van der Waals surface area contributed by atoms with Crippen molar-refractivity contribution < 1.29 is 18.3 Å². The molecule has 37 heavy (non-hydrogen) atoms. The zero-order chi connectivity index (χ0) is 25.9. The van der Waals surface area contributed by atoms with Crippen LogP contribution in [0.5, 0.6) is 0 Å². The minimum atomic E-state index is -1.89. The van der Waals surface area contributed by atoms with E-state index in [9.17, 15) is 13.6 Å². The molecule has 194 valence electrons. The van der Waals surface area contributed by atoms with Crippen LogP contribution in [0.3, 0.4) is 0 Å². The van der Waals surface area contributed by atoms with Crippen LogP contribution in [0, 0.1) is 5.92 Å². The maximum absolute atomic E-state index is 14.8. The second-order valence-corrected chi connectivity index (χ2v) is 9.49. The fraction of sp³-hybridized carbons (Fsp3) is 0.346. The maximum atomic E-state index is 14.8. The van der Waals surface area contributed by atoms with Gasteiger partial charge in [0.15, 0.2) is 29.2 Å². The number of rotatable bonds is 7. The largest absolute Gasteiger partial charge is 0.494 e. The first-order valence-corrected chi connectivity index (χ1v) is 12.5. The average molecular weight is 529 g/mol. The molecule has 8 nitrogen and oxygen atoms in total. The highest BCUT2D eigenvalue weighted by molar-refractivity contribution is 6.34. The number of aromatic nitrogens is 3. The lowest BCUT2D eigenvalue weighted by molar-refractivity contribution is 0.0944. The molecule has 2 aromatic heterocycles. The number of allylic oxidation sites excluding steroid dienone is 3. The summed E-state index contributed by atoms with van der Waals surface area (Å²) in [5.41, 5.74) is 1.89. The minimum absolute atomic E-state index is 0.123. The number of piperidine rings is 1. The molecule has 0 saturated carbocycles. The number of nitrogens with zero attached hydrogens (tertiary/aromatic N) is 3. The smallest absolute Gasteiger partial charge is 0.252 e. The number of halogens is 3. The van der Waals surface area contributed by atoms with Gasteiger partial charge in [0.25, 0.3) is 5.91 Å². The molecule has 11 heteroatoms. The summed E-state index contributed by atoms with van der Waals surface area (Å²) in [6.07, 6.45) is 7.83. The molecule has 3 heterocycles. The Balaban J connectivity index is 1.32. The lowest BCUT2D eigenvalue weighted by atomic mass is 9.94. The molecule has 3 aromatic rings. The minimum Gasteiger partial charge on any atom is -0.494 e. The fourth-order valence-corrected chi connectivity index (χ4v) is 4.95. The second kappa shape index (κ2) is 10.9. The number of benzene rings is 1. The third-order valence-electron chi connectivity index (χ3n) is 6.75. The van der Waals surface area contributed by atoms with Crippen molar-refractivity contribution in [2.24, 2.45) is 5.92 Å². The summed E-state index contributed by atoms with van der Waals surface area (Å²) in [5, 5.41) is 9.75. The normalized spacial score (nSPS) is 20.3. The van der Waals surface area contributed by atoms with E-state index in [1.165, 1.54) is 25.6 Å². The van der Waals surface area contributed by atoms with E-state index in [2.05, 4.69) is 25.9 Å². The summed E-state index contributed by atoms with van der Waals surface area (Å²) < 4.78 is 35.7. The van der Waals surface area contributed by atoms with Crippen LogP contribution in [0.1, 0.15) is 34.8 Å². The van der Waals surface area contributed by atoms with Gasteiger partial charge >= 0.3 is 0 Å². The van der Waals surface area contributed by atoms with Crippen LogP contribution in [-0.2, 0) is 4.74 Å². The number of fused-ring (bicyclic) bond motifs is 1. The predicted octanol–water partition coefficient (Wildman–Crippen LogP) is 4.67. The molecule has 5 rings (SSSR count). The third-order valence-corrected chi connectivity index (χ3v) is 7.06. The van der Waals surface area contributed by atoms with E-state index >= 15 is 0 Å². The molecule has 0 spiro atoms. The van der Waals surface area contributed by atoms with Gasteiger partial charge in [-0.3, -0.25) is 9.20 Å². The second-order valence-electron chi connectivity index (χ2n) is 9.08. The van der Waals surface area contributed by atoms with Crippen molar-refractivity contribution in [3.05, 3.63) is 76.8 Å². The summed E-state index contributed by atoms with van der Waals surface area (Å²) >= 11 is 6.44. The number of methoxy groups -OCH3 is 1. The highest BCUT2D eigenvalue weighted by Gasteiger charge is 2.33. The van der Waals surface area contributed by atoms with Crippen molar-refractivity contribution in [3.63, 3.8) is 0 Å². The number of amides is 1. The lowest BCUT2D eigenvalue weighted by Gasteiger charge is -2.22. The molecular weight excluding hydrogens is 502 g/mol. The number of anilines is 2. The molecule has 1 saturated heterocycles. The van der Waals surface area contributed by atoms with Gasteiger partial charge in [-0.1, -0.05) is 17.7 Å². The van der Waals surface area contributed by atoms with E-state index in [0.717, 1.165) is 25.9 Å². The number of hydrogen-bond donors (Lipinski definition) is 3. The van der Waals surface area contributed by atoms with Gasteiger partial charge in [-0.2, -0.15) is 0 Å². The summed E-state index contributed by atoms with van der Waals surface area (Å²) in [4.78, 5) is 21.4. The van der Waals surface area contributed by atoms with Gasteiger partial charge in [0, 0.05) is 24.6 Å². The summed E-state index contributed by atoms with van der Waals surface area (Å²) in [6.45, 7) is 2.55. The van der Waals surface area contributed by atoms with Crippen LogP contribution in [0.2, 0.25) is 5.02 Å². The van der Waals surface area contributed by atoms with E-state index in [-0.39, 0.29) is 11.7 Å². The monoisotopic (exact) mass is 528 g/mol. The zero-order valence-electron chi connectivity index (χ0n) is 20.2. The molecule has 1 amide bonds. The predicted molar refractivity (Wildman–Crippen MR) is 138 cm³/mol. The average Bonchev–Trinajstić information content (AvgIpc) is 3.34. The van der Waals surface area contributed by atoms with Gasteiger partial charge in [-0.25, -0.2) is 18.7 Å². The lowest BCUT2D eigenvalue weighted by Crippen LogP contribution is -2.36. The fourth-order valence-electron chi connectivity index (χ4n) is 4.68. The van der Waals surface area contributed by atoms with Gasteiger partial charge in [0.2, 0.25) is 0 Å². The van der Waals surface area contributed by atoms with Gasteiger partial charge in [-0.05, 0) is 56.1 Å². The molecule has 2 unspecified atom stereocenters. The molecule has 2 atom stereocenters. The van der Waals surface area contributed by atoms with Crippen LogP contribution in [0.4, 0.5) is 20.3 Å². The number of nitrogens with one attached hydrogen (secondary N) is 3. The van der Waals surface area contributed by atoms with Gasteiger partial charge in [0.05, 0.1) is 35.5 Å². The third kappa shape index (κ3) is 5.17. The highest BCUT2D eigenvalue weighted by atomic mass is 35.5. The molecule has 1 fully saturated rings. The number of hydrogen-bond acceptors (Lipinski definition) is 6. The SMILES string of the molecule is COC1=C(F)C(F)C(c2cnc3c(Nc4ccc(C(=O)NCC5CCNCC5)c(Cl)c4)nccn23)C=C1. The molecule has 3 N–H and O–H groups in total. The zero-order valence-corrected chi connectivity index (χ0v) is 20.9. The quantitative estimate of drug-likeness (QED) is 0.412. The topological polar surface area (TPSA) is 92.6 Å². The highest BCUT2D eigenvalue weighted by Crippen LogP contribution is 2.36. The molecule has 1 aromatic carbocycles. The number of carbonyl (C=O) groups excluding carboxylic acids is 1. The Morgan fingerprint density at radius 3 is 2.86 bits per heavy atom. The molecule has 0 bridgehead atoms. The standard InChI is InChI=1S/C26H27ClF2N6O2/c1-37-21-5-4-18(22(28)23(21)29)20-14-32-25-24(31-10-11-35(20)25)34-16-2-3-17(19(27)12-16)26(36)33-13-15-6-8-30-9-7-15/h2-5,10-12,14-15,18,22,30H,6-9,13H2,1H3,(H,31,34)(H,33,36). The van der Waals surface area contributed by atoms with Gasteiger partial charge in [0.1, 0.15) is 0 Å². The van der Waals surface area contributed by atoms with E-state index < -0.39 is 17.9 Å². The summed E-state index contributed by atoms with van der Waals surface area (Å²) in [5.74, 6) is -1.30. The van der Waals surface area contributed by atoms with Gasteiger partial charge in [-0.15, -0.1) is 0 Å². The molecule has 2 aliphatic rings. The first-order chi connectivity index (χ1) is 18.0. The van der Waals surface area contributed by atoms with Gasteiger partial charge < -0.3 is 20.7 Å². The Kier molecular flexibility index (Phi) is 7.38. The molecule has 1 aliphatic carbocycles. The van der Waals surface area contributed by atoms with E-state index in [0.29, 0.717) is 45.9 Å². The Bertz CT molecular complexity index is 1370. The van der Waals surface area contributed by atoms with Crippen molar-refractivity contribution in [2.75, 3.05) is 32.1 Å². The van der Waals surface area contributed by atoms with Crippen LogP contribution >= 0.6 is 11.6 Å². The van der Waals surface area contributed by atoms with Crippen molar-refractivity contribution in [3.8, 4) is 0 Å². The number of carbonyl (C=O) groups is 1. The molecule has 0 radical (unpaired) electrons. The van der Waals surface area contributed by atoms with E-state index in [1.807, 2.05) is 0 Å².